The van der Waals surface area contributed by atoms with Crippen molar-refractivity contribution in [1.82, 2.24) is 0 Å². The molecule has 4 heteroatoms. The predicted octanol–water partition coefficient (Wildman–Crippen LogP) is 4.71. The molecule has 0 radical (unpaired) electrons. The first-order valence-electron chi connectivity index (χ1n) is 4.98. The molecule has 0 spiro atoms. The molecule has 0 fully saturated rings. The van der Waals surface area contributed by atoms with Gasteiger partial charge in [-0.25, -0.2) is 4.39 Å². The van der Waals surface area contributed by atoms with E-state index in [4.69, 9.17) is 27.9 Å². The Morgan fingerprint density at radius 3 is 2.53 bits per heavy atom. The maximum atomic E-state index is 13.5. The van der Waals surface area contributed by atoms with Crippen LogP contribution in [0.3, 0.4) is 0 Å². The van der Waals surface area contributed by atoms with Crippen molar-refractivity contribution in [3.63, 3.8) is 0 Å². The van der Waals surface area contributed by atoms with Gasteiger partial charge in [0, 0.05) is 10.6 Å². The standard InChI is InChI=1S/C13H9Cl2FO/c14-10-6-5-9(12(16)7-10)8-17-13-4-2-1-3-11(13)15/h1-7H,8H2. The van der Waals surface area contributed by atoms with Gasteiger partial charge >= 0.3 is 0 Å². The smallest absolute Gasteiger partial charge is 0.138 e. The van der Waals surface area contributed by atoms with Gasteiger partial charge in [-0.05, 0) is 24.3 Å². The Hall–Kier alpha value is -1.25. The first kappa shape index (κ1) is 12.2. The molecular formula is C13H9Cl2FO. The lowest BCUT2D eigenvalue weighted by Crippen LogP contribution is -1.98. The Morgan fingerprint density at radius 2 is 1.82 bits per heavy atom. The summed E-state index contributed by atoms with van der Waals surface area (Å²) in [6.07, 6.45) is 0. The number of halogens is 3. The maximum absolute atomic E-state index is 13.5. The fraction of sp³-hybridized carbons (Fsp3) is 0.0769. The van der Waals surface area contributed by atoms with Crippen molar-refractivity contribution < 1.29 is 9.13 Å². The minimum Gasteiger partial charge on any atom is -0.487 e. The number of rotatable bonds is 3. The number of ether oxygens (including phenoxy) is 1. The normalized spacial score (nSPS) is 10.3. The van der Waals surface area contributed by atoms with Crippen LogP contribution >= 0.6 is 23.2 Å². The minimum absolute atomic E-state index is 0.118. The molecule has 0 aliphatic rings. The summed E-state index contributed by atoms with van der Waals surface area (Å²) < 4.78 is 18.9. The third kappa shape index (κ3) is 3.11. The van der Waals surface area contributed by atoms with Gasteiger partial charge in [-0.15, -0.1) is 0 Å². The van der Waals surface area contributed by atoms with E-state index in [2.05, 4.69) is 0 Å². The molecule has 0 saturated carbocycles. The van der Waals surface area contributed by atoms with Gasteiger partial charge in [0.25, 0.3) is 0 Å². The number of benzene rings is 2. The van der Waals surface area contributed by atoms with Gasteiger partial charge < -0.3 is 4.74 Å². The van der Waals surface area contributed by atoms with E-state index in [9.17, 15) is 4.39 Å². The SMILES string of the molecule is Fc1cc(Cl)ccc1COc1ccccc1Cl. The van der Waals surface area contributed by atoms with E-state index in [1.807, 2.05) is 0 Å². The summed E-state index contributed by atoms with van der Waals surface area (Å²) in [4.78, 5) is 0. The van der Waals surface area contributed by atoms with E-state index < -0.39 is 0 Å². The highest BCUT2D eigenvalue weighted by atomic mass is 35.5. The zero-order valence-electron chi connectivity index (χ0n) is 8.79. The van der Waals surface area contributed by atoms with Crippen LogP contribution in [0.25, 0.3) is 0 Å². The monoisotopic (exact) mass is 270 g/mol. The average Bonchev–Trinajstić information content (AvgIpc) is 2.30. The van der Waals surface area contributed by atoms with Gasteiger partial charge in [-0.2, -0.15) is 0 Å². The van der Waals surface area contributed by atoms with Gasteiger partial charge in [0.1, 0.15) is 18.2 Å². The quantitative estimate of drug-likeness (QED) is 0.785. The fourth-order valence-electron chi connectivity index (χ4n) is 1.36. The first-order valence-corrected chi connectivity index (χ1v) is 5.73. The highest BCUT2D eigenvalue weighted by molar-refractivity contribution is 6.32. The van der Waals surface area contributed by atoms with Crippen LogP contribution in [0.4, 0.5) is 4.39 Å². The molecule has 2 aromatic carbocycles. The molecule has 0 amide bonds. The molecule has 0 bridgehead atoms. The molecule has 0 N–H and O–H groups in total. The van der Waals surface area contributed by atoms with Gasteiger partial charge in [-0.1, -0.05) is 41.4 Å². The summed E-state index contributed by atoms with van der Waals surface area (Å²) >= 11 is 11.6. The molecule has 0 aromatic heterocycles. The van der Waals surface area contributed by atoms with Crippen molar-refractivity contribution in [1.29, 1.82) is 0 Å². The van der Waals surface area contributed by atoms with Crippen LogP contribution in [0.5, 0.6) is 5.75 Å². The summed E-state index contributed by atoms with van der Waals surface area (Å²) in [6.45, 7) is 0.118. The van der Waals surface area contributed by atoms with E-state index >= 15 is 0 Å². The van der Waals surface area contributed by atoms with Gasteiger partial charge in [0.15, 0.2) is 0 Å². The zero-order chi connectivity index (χ0) is 12.3. The van der Waals surface area contributed by atoms with Crippen molar-refractivity contribution in [3.8, 4) is 5.75 Å². The second-order valence-electron chi connectivity index (χ2n) is 3.45. The summed E-state index contributed by atoms with van der Waals surface area (Å²) in [5.74, 6) is 0.146. The summed E-state index contributed by atoms with van der Waals surface area (Å²) in [7, 11) is 0. The molecule has 0 aliphatic carbocycles. The third-order valence-corrected chi connectivity index (χ3v) is 2.78. The third-order valence-electron chi connectivity index (χ3n) is 2.23. The molecule has 1 nitrogen and oxygen atoms in total. The summed E-state index contributed by atoms with van der Waals surface area (Å²) in [5.41, 5.74) is 0.439. The molecule has 0 aliphatic heterocycles. The average molecular weight is 271 g/mol. The van der Waals surface area contributed by atoms with Crippen molar-refractivity contribution in [2.45, 2.75) is 6.61 Å². The number of hydrogen-bond acceptors (Lipinski definition) is 1. The molecule has 0 atom stereocenters. The topological polar surface area (TPSA) is 9.23 Å². The lowest BCUT2D eigenvalue weighted by Gasteiger charge is -2.08. The second kappa shape index (κ2) is 5.39. The van der Waals surface area contributed by atoms with Gasteiger partial charge in [-0.3, -0.25) is 0 Å². The molecule has 0 saturated heterocycles. The molecule has 2 rings (SSSR count). The van der Waals surface area contributed by atoms with Crippen molar-refractivity contribution in [2.75, 3.05) is 0 Å². The fourth-order valence-corrected chi connectivity index (χ4v) is 1.71. The highest BCUT2D eigenvalue weighted by Gasteiger charge is 2.05. The maximum Gasteiger partial charge on any atom is 0.138 e. The van der Waals surface area contributed by atoms with E-state index in [1.54, 1.807) is 36.4 Å². The van der Waals surface area contributed by atoms with E-state index in [0.29, 0.717) is 21.4 Å². The van der Waals surface area contributed by atoms with Crippen LogP contribution in [-0.4, -0.2) is 0 Å². The Kier molecular flexibility index (Phi) is 3.87. The van der Waals surface area contributed by atoms with E-state index in [-0.39, 0.29) is 12.4 Å². The molecule has 0 unspecified atom stereocenters. The van der Waals surface area contributed by atoms with Crippen LogP contribution in [0.15, 0.2) is 42.5 Å². The zero-order valence-corrected chi connectivity index (χ0v) is 10.3. The largest absolute Gasteiger partial charge is 0.487 e. The number of para-hydroxylation sites is 1. The van der Waals surface area contributed by atoms with Gasteiger partial charge in [0.05, 0.1) is 5.02 Å². The van der Waals surface area contributed by atoms with Gasteiger partial charge in [0.2, 0.25) is 0 Å². The molecule has 17 heavy (non-hydrogen) atoms. The van der Waals surface area contributed by atoms with Crippen molar-refractivity contribution in [2.24, 2.45) is 0 Å². The molecule has 0 heterocycles. The van der Waals surface area contributed by atoms with Crippen molar-refractivity contribution >= 4 is 23.2 Å². The van der Waals surface area contributed by atoms with Crippen LogP contribution in [-0.2, 0) is 6.61 Å². The van der Waals surface area contributed by atoms with Crippen LogP contribution < -0.4 is 4.74 Å². The highest BCUT2D eigenvalue weighted by Crippen LogP contribution is 2.24. The Labute approximate surface area is 109 Å². The molecule has 88 valence electrons. The Bertz CT molecular complexity index is 529. The second-order valence-corrected chi connectivity index (χ2v) is 4.30. The summed E-state index contributed by atoms with van der Waals surface area (Å²) in [6, 6.07) is 11.5. The Morgan fingerprint density at radius 1 is 1.06 bits per heavy atom. The van der Waals surface area contributed by atoms with Crippen molar-refractivity contribution in [3.05, 3.63) is 63.9 Å². The molecule has 2 aromatic rings. The predicted molar refractivity (Wildman–Crippen MR) is 67.2 cm³/mol. The van der Waals surface area contributed by atoms with Crippen LogP contribution in [0.1, 0.15) is 5.56 Å². The minimum atomic E-state index is -0.385. The van der Waals surface area contributed by atoms with E-state index in [1.165, 1.54) is 6.07 Å². The van der Waals surface area contributed by atoms with Crippen LogP contribution in [0, 0.1) is 5.82 Å². The lowest BCUT2D eigenvalue weighted by atomic mass is 10.2. The Balaban J connectivity index is 2.10. The summed E-state index contributed by atoms with van der Waals surface area (Å²) in [5, 5.41) is 0.867. The van der Waals surface area contributed by atoms with E-state index in [0.717, 1.165) is 0 Å². The first-order chi connectivity index (χ1) is 8.16. The molecular weight excluding hydrogens is 262 g/mol. The number of hydrogen-bond donors (Lipinski definition) is 0. The lowest BCUT2D eigenvalue weighted by molar-refractivity contribution is 0.300. The van der Waals surface area contributed by atoms with Crippen LogP contribution in [0.2, 0.25) is 10.0 Å².